The van der Waals surface area contributed by atoms with Crippen molar-refractivity contribution < 1.29 is 20.1 Å². The Balaban J connectivity index is 2.24. The summed E-state index contributed by atoms with van der Waals surface area (Å²) in [5.41, 5.74) is -1.16. The van der Waals surface area contributed by atoms with Gasteiger partial charge in [0.25, 0.3) is 0 Å². The lowest BCUT2D eigenvalue weighted by Gasteiger charge is -2.37. The van der Waals surface area contributed by atoms with Gasteiger partial charge >= 0.3 is 5.97 Å². The molecule has 0 radical (unpaired) electrons. The lowest BCUT2D eigenvalue weighted by atomic mass is 9.92. The molecule has 0 aromatic heterocycles. The molecule has 3 N–H and O–H groups in total. The minimum absolute atomic E-state index is 0.0000926. The van der Waals surface area contributed by atoms with Crippen molar-refractivity contribution in [3.05, 3.63) is 24.3 Å². The van der Waals surface area contributed by atoms with E-state index in [1.807, 2.05) is 0 Å². The number of aliphatic carboxylic acids is 1. The Kier molecular flexibility index (Phi) is 2.93. The number of piperidine rings is 1. The summed E-state index contributed by atoms with van der Waals surface area (Å²) in [5, 5.41) is 28.6. The van der Waals surface area contributed by atoms with Crippen LogP contribution in [0.5, 0.6) is 5.75 Å². The third-order valence-corrected chi connectivity index (χ3v) is 3.09. The zero-order valence-electron chi connectivity index (χ0n) is 9.33. The van der Waals surface area contributed by atoms with Gasteiger partial charge in [0, 0.05) is 6.54 Å². The molecule has 5 nitrogen and oxygen atoms in total. The highest BCUT2D eigenvalue weighted by Gasteiger charge is 2.40. The van der Waals surface area contributed by atoms with E-state index in [4.69, 9.17) is 5.11 Å². The summed E-state index contributed by atoms with van der Waals surface area (Å²) in [4.78, 5) is 12.7. The number of rotatable bonds is 2. The lowest BCUT2D eigenvalue weighted by Crippen LogP contribution is -2.53. The Morgan fingerprint density at radius 2 is 2.06 bits per heavy atom. The zero-order valence-corrected chi connectivity index (χ0v) is 9.33. The second kappa shape index (κ2) is 4.25. The van der Waals surface area contributed by atoms with Gasteiger partial charge in [-0.2, -0.15) is 0 Å². The van der Waals surface area contributed by atoms with Crippen molar-refractivity contribution in [3.63, 3.8) is 0 Å². The first kappa shape index (κ1) is 11.7. The maximum Gasteiger partial charge on any atom is 0.337 e. The summed E-state index contributed by atoms with van der Waals surface area (Å²) >= 11 is 0. The number of aromatic hydroxyl groups is 1. The summed E-state index contributed by atoms with van der Waals surface area (Å²) in [7, 11) is 0. The molecule has 1 aliphatic rings. The first-order valence-corrected chi connectivity index (χ1v) is 5.52. The van der Waals surface area contributed by atoms with Crippen LogP contribution in [0, 0.1) is 0 Å². The SMILES string of the molecule is O=C(O)C1(O)CCCN(c2ccccc2O)C1. The molecule has 0 saturated carbocycles. The topological polar surface area (TPSA) is 81.0 Å². The van der Waals surface area contributed by atoms with E-state index in [-0.39, 0.29) is 18.7 Å². The Bertz CT molecular complexity index is 434. The van der Waals surface area contributed by atoms with Gasteiger partial charge in [0.15, 0.2) is 5.60 Å². The number of anilines is 1. The second-order valence-electron chi connectivity index (χ2n) is 4.35. The van der Waals surface area contributed by atoms with Crippen LogP contribution in [0.1, 0.15) is 12.8 Å². The van der Waals surface area contributed by atoms with Crippen LogP contribution < -0.4 is 4.90 Å². The number of benzene rings is 1. The molecule has 1 heterocycles. The van der Waals surface area contributed by atoms with Crippen LogP contribution in [0.2, 0.25) is 0 Å². The summed E-state index contributed by atoms with van der Waals surface area (Å²) in [5.74, 6) is -1.11. The molecule has 0 aliphatic carbocycles. The summed E-state index contributed by atoms with van der Waals surface area (Å²) in [6.07, 6.45) is 0.823. The van der Waals surface area contributed by atoms with Crippen LogP contribution in [0.25, 0.3) is 0 Å². The minimum Gasteiger partial charge on any atom is -0.506 e. The minimum atomic E-state index is -1.72. The second-order valence-corrected chi connectivity index (χ2v) is 4.35. The standard InChI is InChI=1S/C12H15NO4/c14-10-5-2-1-4-9(10)13-7-3-6-12(17,8-13)11(15)16/h1-2,4-5,14,17H,3,6-8H2,(H,15,16). The first-order valence-electron chi connectivity index (χ1n) is 5.52. The highest BCUT2D eigenvalue weighted by molar-refractivity contribution is 5.78. The molecule has 1 aliphatic heterocycles. The molecule has 17 heavy (non-hydrogen) atoms. The molecule has 0 spiro atoms. The lowest BCUT2D eigenvalue weighted by molar-refractivity contribution is -0.159. The highest BCUT2D eigenvalue weighted by atomic mass is 16.4. The van der Waals surface area contributed by atoms with Crippen molar-refractivity contribution in [2.75, 3.05) is 18.0 Å². The van der Waals surface area contributed by atoms with Gasteiger partial charge in [-0.1, -0.05) is 12.1 Å². The number of phenols is 1. The molecule has 1 aromatic rings. The number of phenolic OH excluding ortho intramolecular Hbond substituents is 1. The molecule has 92 valence electrons. The number of hydrogen-bond acceptors (Lipinski definition) is 4. The molecular weight excluding hydrogens is 222 g/mol. The smallest absolute Gasteiger partial charge is 0.337 e. The number of aliphatic hydroxyl groups is 1. The van der Waals surface area contributed by atoms with Crippen LogP contribution in [0.3, 0.4) is 0 Å². The number of para-hydroxylation sites is 2. The van der Waals surface area contributed by atoms with Gasteiger partial charge < -0.3 is 20.2 Å². The number of carbonyl (C=O) groups is 1. The van der Waals surface area contributed by atoms with E-state index >= 15 is 0 Å². The van der Waals surface area contributed by atoms with E-state index in [1.54, 1.807) is 29.2 Å². The van der Waals surface area contributed by atoms with E-state index in [9.17, 15) is 15.0 Å². The molecule has 0 bridgehead atoms. The maximum absolute atomic E-state index is 11.0. The fourth-order valence-corrected chi connectivity index (χ4v) is 2.15. The molecule has 2 rings (SSSR count). The number of carboxylic acids is 1. The predicted octanol–water partition coefficient (Wildman–Crippen LogP) is 0.808. The number of β-amino-alcohol motifs (C(OH)–C–C–N with tert-alkyl or cyclic N) is 1. The van der Waals surface area contributed by atoms with Gasteiger partial charge in [-0.25, -0.2) is 4.79 Å². The summed E-state index contributed by atoms with van der Waals surface area (Å²) < 4.78 is 0. The maximum atomic E-state index is 11.0. The van der Waals surface area contributed by atoms with Crippen molar-refractivity contribution in [3.8, 4) is 5.75 Å². The molecule has 0 amide bonds. The normalized spacial score (nSPS) is 24.6. The molecule has 5 heteroatoms. The van der Waals surface area contributed by atoms with E-state index in [2.05, 4.69) is 0 Å². The highest BCUT2D eigenvalue weighted by Crippen LogP contribution is 2.31. The summed E-state index contributed by atoms with van der Waals surface area (Å²) in [6.45, 7) is 0.632. The van der Waals surface area contributed by atoms with Gasteiger partial charge in [-0.05, 0) is 25.0 Å². The first-order chi connectivity index (χ1) is 8.03. The van der Waals surface area contributed by atoms with Gasteiger partial charge in [0.05, 0.1) is 12.2 Å². The van der Waals surface area contributed by atoms with Crippen LogP contribution in [0.4, 0.5) is 5.69 Å². The van der Waals surface area contributed by atoms with Gasteiger partial charge in [-0.3, -0.25) is 0 Å². The van der Waals surface area contributed by atoms with Crippen molar-refractivity contribution >= 4 is 11.7 Å². The van der Waals surface area contributed by atoms with Crippen molar-refractivity contribution in [1.29, 1.82) is 0 Å². The van der Waals surface area contributed by atoms with E-state index in [0.717, 1.165) is 0 Å². The Morgan fingerprint density at radius 3 is 2.71 bits per heavy atom. The quantitative estimate of drug-likeness (QED) is 0.709. The van der Waals surface area contributed by atoms with Crippen LogP contribution >= 0.6 is 0 Å². The fraction of sp³-hybridized carbons (Fsp3) is 0.417. The Labute approximate surface area is 98.9 Å². The van der Waals surface area contributed by atoms with Crippen molar-refractivity contribution in [1.82, 2.24) is 0 Å². The zero-order chi connectivity index (χ0) is 12.5. The van der Waals surface area contributed by atoms with Crippen molar-refractivity contribution in [2.24, 2.45) is 0 Å². The number of carboxylic acid groups (broad SMARTS) is 1. The number of nitrogens with zero attached hydrogens (tertiary/aromatic N) is 1. The number of hydrogen-bond donors (Lipinski definition) is 3. The van der Waals surface area contributed by atoms with Gasteiger partial charge in [0.1, 0.15) is 5.75 Å². The molecular formula is C12H15NO4. The average Bonchev–Trinajstić information content (AvgIpc) is 2.29. The summed E-state index contributed by atoms with van der Waals surface area (Å²) in [6, 6.07) is 6.72. The third-order valence-electron chi connectivity index (χ3n) is 3.09. The van der Waals surface area contributed by atoms with E-state index in [0.29, 0.717) is 18.7 Å². The van der Waals surface area contributed by atoms with Crippen LogP contribution in [-0.2, 0) is 4.79 Å². The van der Waals surface area contributed by atoms with E-state index < -0.39 is 11.6 Å². The van der Waals surface area contributed by atoms with Crippen molar-refractivity contribution in [2.45, 2.75) is 18.4 Å². The molecule has 1 aromatic carbocycles. The van der Waals surface area contributed by atoms with Gasteiger partial charge in [-0.15, -0.1) is 0 Å². The predicted molar refractivity (Wildman–Crippen MR) is 62.1 cm³/mol. The third kappa shape index (κ3) is 2.19. The molecule has 1 saturated heterocycles. The average molecular weight is 237 g/mol. The Morgan fingerprint density at radius 1 is 1.35 bits per heavy atom. The van der Waals surface area contributed by atoms with Crippen LogP contribution in [-0.4, -0.2) is 40.0 Å². The van der Waals surface area contributed by atoms with E-state index in [1.165, 1.54) is 0 Å². The molecule has 1 unspecified atom stereocenters. The largest absolute Gasteiger partial charge is 0.506 e. The molecule has 1 fully saturated rings. The van der Waals surface area contributed by atoms with Gasteiger partial charge in [0.2, 0.25) is 0 Å². The van der Waals surface area contributed by atoms with Crippen LogP contribution in [0.15, 0.2) is 24.3 Å². The monoisotopic (exact) mass is 237 g/mol. The fourth-order valence-electron chi connectivity index (χ4n) is 2.15. The Hall–Kier alpha value is -1.75. The molecule has 1 atom stereocenters.